The number of nitrogen functional groups attached to an aromatic ring is 1. The molecule has 1 fully saturated rings. The molecule has 0 aromatic heterocycles. The van der Waals surface area contributed by atoms with Crippen LogP contribution in [0.2, 0.25) is 5.02 Å². The zero-order chi connectivity index (χ0) is 13.0. The Hall–Kier alpha value is -0.970. The van der Waals surface area contributed by atoms with Gasteiger partial charge in [0.25, 0.3) is 0 Å². The van der Waals surface area contributed by atoms with E-state index in [0.29, 0.717) is 10.7 Å². The second kappa shape index (κ2) is 6.27. The lowest BCUT2D eigenvalue weighted by Crippen LogP contribution is -2.32. The van der Waals surface area contributed by atoms with Gasteiger partial charge in [-0.3, -0.25) is 4.90 Å². The molecule has 0 atom stereocenters. The maximum atomic E-state index is 8.98. The summed E-state index contributed by atoms with van der Waals surface area (Å²) in [6, 6.07) is 5.67. The summed E-state index contributed by atoms with van der Waals surface area (Å²) >= 11 is 6.24. The van der Waals surface area contributed by atoms with Crippen molar-refractivity contribution in [2.75, 3.05) is 50.0 Å². The van der Waals surface area contributed by atoms with E-state index in [2.05, 4.69) is 9.80 Å². The van der Waals surface area contributed by atoms with E-state index in [9.17, 15) is 0 Å². The molecule has 5 heteroatoms. The van der Waals surface area contributed by atoms with Crippen molar-refractivity contribution in [3.8, 4) is 0 Å². The molecule has 0 unspecified atom stereocenters. The van der Waals surface area contributed by atoms with Crippen molar-refractivity contribution in [3.05, 3.63) is 23.2 Å². The van der Waals surface area contributed by atoms with Crippen LogP contribution in [0.25, 0.3) is 0 Å². The lowest BCUT2D eigenvalue weighted by Gasteiger charge is -2.24. The Bertz CT molecular complexity index is 400. The van der Waals surface area contributed by atoms with Crippen molar-refractivity contribution >= 4 is 23.0 Å². The average Bonchev–Trinajstić information content (AvgIpc) is 2.55. The van der Waals surface area contributed by atoms with Crippen LogP contribution in [0, 0.1) is 0 Å². The van der Waals surface area contributed by atoms with Crippen molar-refractivity contribution in [1.29, 1.82) is 0 Å². The van der Waals surface area contributed by atoms with Crippen molar-refractivity contribution in [1.82, 2.24) is 4.90 Å². The van der Waals surface area contributed by atoms with Gasteiger partial charge >= 0.3 is 0 Å². The molecule has 1 aromatic carbocycles. The summed E-state index contributed by atoms with van der Waals surface area (Å²) in [4.78, 5) is 4.57. The first kappa shape index (κ1) is 13.5. The number of benzene rings is 1. The molecule has 1 aromatic rings. The van der Waals surface area contributed by atoms with Crippen LogP contribution in [-0.2, 0) is 0 Å². The van der Waals surface area contributed by atoms with Crippen LogP contribution in [0.1, 0.15) is 6.42 Å². The molecule has 0 amide bonds. The molecular weight excluding hydrogens is 250 g/mol. The van der Waals surface area contributed by atoms with Gasteiger partial charge in [0.1, 0.15) is 0 Å². The summed E-state index contributed by atoms with van der Waals surface area (Å²) in [5.74, 6) is 0. The topological polar surface area (TPSA) is 52.7 Å². The Morgan fingerprint density at radius 3 is 2.78 bits per heavy atom. The van der Waals surface area contributed by atoms with Crippen molar-refractivity contribution in [3.63, 3.8) is 0 Å². The van der Waals surface area contributed by atoms with Crippen LogP contribution in [0.4, 0.5) is 11.4 Å². The third-order valence-corrected chi connectivity index (χ3v) is 3.62. The van der Waals surface area contributed by atoms with Crippen molar-refractivity contribution in [2.24, 2.45) is 0 Å². The first-order valence-electron chi connectivity index (χ1n) is 6.34. The van der Waals surface area contributed by atoms with Crippen LogP contribution < -0.4 is 10.6 Å². The number of nitrogens with two attached hydrogens (primary N) is 1. The zero-order valence-corrected chi connectivity index (χ0v) is 11.2. The van der Waals surface area contributed by atoms with Gasteiger partial charge in [-0.1, -0.05) is 11.6 Å². The summed E-state index contributed by atoms with van der Waals surface area (Å²) in [7, 11) is 0. The van der Waals surface area contributed by atoms with Gasteiger partial charge in [0, 0.05) is 31.9 Å². The highest BCUT2D eigenvalue weighted by molar-refractivity contribution is 6.33. The van der Waals surface area contributed by atoms with Gasteiger partial charge in [0.15, 0.2) is 0 Å². The second-order valence-electron chi connectivity index (χ2n) is 4.62. The number of nitrogens with zero attached hydrogens (tertiary/aromatic N) is 2. The van der Waals surface area contributed by atoms with Crippen LogP contribution >= 0.6 is 11.6 Å². The van der Waals surface area contributed by atoms with Crippen molar-refractivity contribution in [2.45, 2.75) is 6.42 Å². The molecule has 18 heavy (non-hydrogen) atoms. The number of aliphatic hydroxyl groups excluding tert-OH is 1. The second-order valence-corrected chi connectivity index (χ2v) is 5.02. The fourth-order valence-electron chi connectivity index (χ4n) is 2.36. The predicted molar refractivity (Wildman–Crippen MR) is 76.2 cm³/mol. The molecule has 0 spiro atoms. The van der Waals surface area contributed by atoms with Crippen LogP contribution in [-0.4, -0.2) is 49.3 Å². The van der Waals surface area contributed by atoms with Crippen LogP contribution in [0.15, 0.2) is 18.2 Å². The molecule has 0 bridgehead atoms. The summed E-state index contributed by atoms with van der Waals surface area (Å²) in [5, 5.41) is 9.69. The Labute approximate surface area is 113 Å². The molecule has 4 nitrogen and oxygen atoms in total. The normalized spacial score (nSPS) is 17.8. The number of anilines is 2. The highest BCUT2D eigenvalue weighted by Crippen LogP contribution is 2.28. The van der Waals surface area contributed by atoms with E-state index in [4.69, 9.17) is 22.4 Å². The Balaban J connectivity index is 2.05. The fraction of sp³-hybridized carbons (Fsp3) is 0.538. The van der Waals surface area contributed by atoms with E-state index < -0.39 is 0 Å². The zero-order valence-electron chi connectivity index (χ0n) is 10.5. The predicted octanol–water partition coefficient (Wildman–Crippen LogP) is 1.43. The van der Waals surface area contributed by atoms with Gasteiger partial charge < -0.3 is 15.7 Å². The van der Waals surface area contributed by atoms with E-state index >= 15 is 0 Å². The maximum Gasteiger partial charge on any atom is 0.0660 e. The molecule has 2 rings (SSSR count). The van der Waals surface area contributed by atoms with E-state index in [1.165, 1.54) is 0 Å². The molecule has 0 radical (unpaired) electrons. The molecular formula is C13H20ClN3O. The van der Waals surface area contributed by atoms with Gasteiger partial charge in [-0.15, -0.1) is 0 Å². The first-order valence-corrected chi connectivity index (χ1v) is 6.71. The fourth-order valence-corrected chi connectivity index (χ4v) is 2.66. The van der Waals surface area contributed by atoms with Gasteiger partial charge in [-0.05, 0) is 31.2 Å². The number of β-amino-alcohol motifs (C(OH)–C–C–N with tert-alkyl or cyclic N) is 1. The molecule has 100 valence electrons. The quantitative estimate of drug-likeness (QED) is 0.815. The van der Waals surface area contributed by atoms with E-state index in [1.807, 2.05) is 12.1 Å². The highest BCUT2D eigenvalue weighted by atomic mass is 35.5. The lowest BCUT2D eigenvalue weighted by atomic mass is 10.2. The third-order valence-electron chi connectivity index (χ3n) is 3.32. The Morgan fingerprint density at radius 2 is 2.06 bits per heavy atom. The number of aliphatic hydroxyl groups is 1. The van der Waals surface area contributed by atoms with Gasteiger partial charge in [0.05, 0.1) is 17.3 Å². The summed E-state index contributed by atoms with van der Waals surface area (Å²) < 4.78 is 0. The molecule has 0 saturated carbocycles. The Morgan fingerprint density at radius 1 is 1.22 bits per heavy atom. The summed E-state index contributed by atoms with van der Waals surface area (Å²) in [6.07, 6.45) is 1.08. The van der Waals surface area contributed by atoms with E-state index in [0.717, 1.165) is 44.8 Å². The van der Waals surface area contributed by atoms with Crippen LogP contribution in [0.3, 0.4) is 0 Å². The summed E-state index contributed by atoms with van der Waals surface area (Å²) in [5.41, 5.74) is 7.46. The summed E-state index contributed by atoms with van der Waals surface area (Å²) in [6.45, 7) is 4.89. The number of hydrogen-bond acceptors (Lipinski definition) is 4. The largest absolute Gasteiger partial charge is 0.399 e. The minimum atomic E-state index is 0.225. The van der Waals surface area contributed by atoms with Gasteiger partial charge in [-0.25, -0.2) is 0 Å². The minimum absolute atomic E-state index is 0.225. The smallest absolute Gasteiger partial charge is 0.0660 e. The van der Waals surface area contributed by atoms with Gasteiger partial charge in [-0.2, -0.15) is 0 Å². The molecule has 1 saturated heterocycles. The lowest BCUT2D eigenvalue weighted by molar-refractivity contribution is 0.204. The molecule has 0 aliphatic carbocycles. The van der Waals surface area contributed by atoms with Crippen molar-refractivity contribution < 1.29 is 5.11 Å². The molecule has 1 heterocycles. The SMILES string of the molecule is Nc1ccc(N2CCCN(CCO)CC2)c(Cl)c1. The highest BCUT2D eigenvalue weighted by Gasteiger charge is 2.16. The standard InChI is InChI=1S/C13H20ClN3O/c14-12-10-11(15)2-3-13(12)17-5-1-4-16(6-7-17)8-9-18/h2-3,10,18H,1,4-9,15H2. The van der Waals surface area contributed by atoms with Crippen LogP contribution in [0.5, 0.6) is 0 Å². The monoisotopic (exact) mass is 269 g/mol. The Kier molecular flexibility index (Phi) is 4.69. The average molecular weight is 270 g/mol. The molecule has 1 aliphatic heterocycles. The van der Waals surface area contributed by atoms with E-state index in [1.54, 1.807) is 6.07 Å². The molecule has 1 aliphatic rings. The minimum Gasteiger partial charge on any atom is -0.399 e. The van der Waals surface area contributed by atoms with Gasteiger partial charge in [0.2, 0.25) is 0 Å². The molecule has 3 N–H and O–H groups in total. The van der Waals surface area contributed by atoms with E-state index in [-0.39, 0.29) is 6.61 Å². The first-order chi connectivity index (χ1) is 8.70. The number of rotatable bonds is 3. The third kappa shape index (κ3) is 3.28. The number of halogens is 1. The number of hydrogen-bond donors (Lipinski definition) is 2. The maximum absolute atomic E-state index is 8.98.